The van der Waals surface area contributed by atoms with Crippen molar-refractivity contribution in [2.75, 3.05) is 6.61 Å². The van der Waals surface area contributed by atoms with Crippen LogP contribution in [0.5, 0.6) is 5.95 Å². The second-order valence-corrected chi connectivity index (χ2v) is 2.10. The van der Waals surface area contributed by atoms with Gasteiger partial charge >= 0.3 is 5.95 Å². The topological polar surface area (TPSA) is 35.3 Å². The summed E-state index contributed by atoms with van der Waals surface area (Å²) in [6, 6.07) is 0. The molecule has 0 amide bonds. The van der Waals surface area contributed by atoms with Gasteiger partial charge in [-0.05, 0) is 6.92 Å². The van der Waals surface area contributed by atoms with Crippen molar-refractivity contribution >= 4 is 11.6 Å². The van der Waals surface area contributed by atoms with Crippen LogP contribution >= 0.6 is 11.6 Å². The molecule has 0 fully saturated rings. The molecule has 0 N–H and O–H groups in total. The van der Waals surface area contributed by atoms with Gasteiger partial charge in [-0.25, -0.2) is 0 Å². The molecule has 1 aromatic heterocycles. The SMILES string of the molecule is CCOc1oc(C)nc1Cl. The lowest BCUT2D eigenvalue weighted by Crippen LogP contribution is -1.89. The van der Waals surface area contributed by atoms with Crippen LogP contribution in [-0.4, -0.2) is 11.6 Å². The minimum atomic E-state index is 0.291. The molecule has 10 heavy (non-hydrogen) atoms. The predicted molar refractivity (Wildman–Crippen MR) is 37.4 cm³/mol. The Morgan fingerprint density at radius 3 is 2.80 bits per heavy atom. The van der Waals surface area contributed by atoms with Gasteiger partial charge in [0.2, 0.25) is 5.15 Å². The first-order valence-corrected chi connectivity index (χ1v) is 3.37. The van der Waals surface area contributed by atoms with Crippen LogP contribution in [0.25, 0.3) is 0 Å². The fourth-order valence-corrected chi connectivity index (χ4v) is 0.815. The molecule has 3 nitrogen and oxygen atoms in total. The lowest BCUT2D eigenvalue weighted by molar-refractivity contribution is 0.253. The first-order chi connectivity index (χ1) is 4.74. The molecule has 0 aliphatic rings. The predicted octanol–water partition coefficient (Wildman–Crippen LogP) is 2.04. The molecule has 4 heteroatoms. The van der Waals surface area contributed by atoms with E-state index in [0.717, 1.165) is 0 Å². The summed E-state index contributed by atoms with van der Waals surface area (Å²) in [5.41, 5.74) is 0. The van der Waals surface area contributed by atoms with Crippen LogP contribution < -0.4 is 4.74 Å². The van der Waals surface area contributed by atoms with Crippen molar-refractivity contribution in [1.29, 1.82) is 0 Å². The zero-order valence-corrected chi connectivity index (χ0v) is 6.60. The molecular formula is C6H8ClNO2. The van der Waals surface area contributed by atoms with Gasteiger partial charge in [-0.3, -0.25) is 0 Å². The number of nitrogens with zero attached hydrogens (tertiary/aromatic N) is 1. The van der Waals surface area contributed by atoms with Crippen molar-refractivity contribution in [1.82, 2.24) is 4.98 Å². The molecule has 0 unspecified atom stereocenters. The summed E-state index contributed by atoms with van der Waals surface area (Å²) in [5, 5.41) is 0.291. The Morgan fingerprint density at radius 1 is 1.70 bits per heavy atom. The number of rotatable bonds is 2. The number of hydrogen-bond donors (Lipinski definition) is 0. The number of ether oxygens (including phenoxy) is 1. The van der Waals surface area contributed by atoms with Gasteiger partial charge in [0.05, 0.1) is 6.61 Å². The summed E-state index contributed by atoms with van der Waals surface area (Å²) in [4.78, 5) is 3.80. The Kier molecular flexibility index (Phi) is 2.17. The van der Waals surface area contributed by atoms with Gasteiger partial charge in [0.25, 0.3) is 0 Å². The molecule has 0 atom stereocenters. The van der Waals surface area contributed by atoms with Crippen molar-refractivity contribution < 1.29 is 9.15 Å². The largest absolute Gasteiger partial charge is 0.463 e. The summed E-state index contributed by atoms with van der Waals surface area (Å²) in [6.07, 6.45) is 0. The number of aryl methyl sites for hydroxylation is 1. The van der Waals surface area contributed by atoms with Crippen molar-refractivity contribution in [3.63, 3.8) is 0 Å². The highest BCUT2D eigenvalue weighted by Crippen LogP contribution is 2.23. The third-order valence-corrected chi connectivity index (χ3v) is 1.18. The molecule has 0 saturated heterocycles. The van der Waals surface area contributed by atoms with E-state index >= 15 is 0 Å². The lowest BCUT2D eigenvalue weighted by Gasteiger charge is -1.94. The van der Waals surface area contributed by atoms with Gasteiger partial charge in [-0.2, -0.15) is 4.98 Å². The average Bonchev–Trinajstić information content (AvgIpc) is 2.13. The molecule has 0 radical (unpaired) electrons. The quantitative estimate of drug-likeness (QED) is 0.666. The van der Waals surface area contributed by atoms with Crippen molar-refractivity contribution in [2.24, 2.45) is 0 Å². The maximum absolute atomic E-state index is 5.59. The van der Waals surface area contributed by atoms with Crippen LogP contribution in [0, 0.1) is 6.92 Å². The van der Waals surface area contributed by atoms with Gasteiger partial charge in [-0.15, -0.1) is 0 Å². The summed E-state index contributed by atoms with van der Waals surface area (Å²) in [5.74, 6) is 0.829. The maximum Gasteiger partial charge on any atom is 0.325 e. The number of oxazole rings is 1. The number of aromatic nitrogens is 1. The monoisotopic (exact) mass is 161 g/mol. The highest BCUT2D eigenvalue weighted by Gasteiger charge is 2.07. The third-order valence-electron chi connectivity index (χ3n) is 0.940. The van der Waals surface area contributed by atoms with Crippen LogP contribution in [0.3, 0.4) is 0 Å². The van der Waals surface area contributed by atoms with Gasteiger partial charge < -0.3 is 9.15 Å². The first kappa shape index (κ1) is 7.41. The van der Waals surface area contributed by atoms with E-state index in [9.17, 15) is 0 Å². The third kappa shape index (κ3) is 1.42. The minimum Gasteiger partial charge on any atom is -0.463 e. The molecule has 1 rings (SSSR count). The van der Waals surface area contributed by atoms with E-state index in [1.165, 1.54) is 0 Å². The van der Waals surface area contributed by atoms with Gasteiger partial charge in [0.1, 0.15) is 0 Å². The molecular weight excluding hydrogens is 154 g/mol. The van der Waals surface area contributed by atoms with E-state index in [-0.39, 0.29) is 0 Å². The zero-order chi connectivity index (χ0) is 7.56. The van der Waals surface area contributed by atoms with Crippen LogP contribution in [0.2, 0.25) is 5.15 Å². The molecule has 0 aliphatic heterocycles. The van der Waals surface area contributed by atoms with Crippen LogP contribution in [0.1, 0.15) is 12.8 Å². The van der Waals surface area contributed by atoms with E-state index < -0.39 is 0 Å². The van der Waals surface area contributed by atoms with Crippen LogP contribution in [0.4, 0.5) is 0 Å². The number of halogens is 1. The van der Waals surface area contributed by atoms with Crippen LogP contribution in [0.15, 0.2) is 4.42 Å². The molecule has 0 spiro atoms. The molecule has 56 valence electrons. The zero-order valence-electron chi connectivity index (χ0n) is 5.85. The second kappa shape index (κ2) is 2.92. The Morgan fingerprint density at radius 2 is 2.40 bits per heavy atom. The standard InChI is InChI=1S/C6H8ClNO2/c1-3-9-6-5(7)8-4(2)10-6/h3H2,1-2H3. The van der Waals surface area contributed by atoms with Gasteiger partial charge in [0, 0.05) is 6.92 Å². The normalized spacial score (nSPS) is 9.90. The molecule has 0 aromatic carbocycles. The number of hydrogen-bond acceptors (Lipinski definition) is 3. The van der Waals surface area contributed by atoms with Gasteiger partial charge in [0.15, 0.2) is 5.89 Å². The highest BCUT2D eigenvalue weighted by atomic mass is 35.5. The van der Waals surface area contributed by atoms with E-state index in [1.807, 2.05) is 6.92 Å². The summed E-state index contributed by atoms with van der Waals surface area (Å²) in [7, 11) is 0. The Labute approximate surface area is 64.0 Å². The average molecular weight is 162 g/mol. The molecule has 0 saturated carbocycles. The summed E-state index contributed by atoms with van der Waals surface area (Å²) >= 11 is 5.59. The molecule has 0 bridgehead atoms. The van der Waals surface area contributed by atoms with Crippen molar-refractivity contribution in [2.45, 2.75) is 13.8 Å². The lowest BCUT2D eigenvalue weighted by atomic mass is 10.8. The smallest absolute Gasteiger partial charge is 0.325 e. The molecule has 1 aromatic rings. The van der Waals surface area contributed by atoms with Crippen LogP contribution in [-0.2, 0) is 0 Å². The van der Waals surface area contributed by atoms with Crippen molar-refractivity contribution in [3.8, 4) is 5.95 Å². The fraction of sp³-hybridized carbons (Fsp3) is 0.500. The minimum absolute atomic E-state index is 0.291. The molecule has 1 heterocycles. The fourth-order valence-electron chi connectivity index (χ4n) is 0.603. The second-order valence-electron chi connectivity index (χ2n) is 1.74. The highest BCUT2D eigenvalue weighted by molar-refractivity contribution is 6.30. The molecule has 0 aliphatic carbocycles. The maximum atomic E-state index is 5.59. The van der Waals surface area contributed by atoms with E-state index in [2.05, 4.69) is 4.98 Å². The van der Waals surface area contributed by atoms with Gasteiger partial charge in [-0.1, -0.05) is 11.6 Å². The Balaban J connectivity index is 2.81. The Bertz CT molecular complexity index is 222. The van der Waals surface area contributed by atoms with E-state index in [0.29, 0.717) is 23.6 Å². The van der Waals surface area contributed by atoms with Crippen molar-refractivity contribution in [3.05, 3.63) is 11.0 Å². The first-order valence-electron chi connectivity index (χ1n) is 2.99. The van der Waals surface area contributed by atoms with E-state index in [4.69, 9.17) is 20.8 Å². The van der Waals surface area contributed by atoms with E-state index in [1.54, 1.807) is 6.92 Å². The summed E-state index contributed by atoms with van der Waals surface area (Å²) in [6.45, 7) is 4.11. The Hall–Kier alpha value is -0.700. The summed E-state index contributed by atoms with van der Waals surface area (Å²) < 4.78 is 9.99.